The summed E-state index contributed by atoms with van der Waals surface area (Å²) < 4.78 is 27.1. The normalized spacial score (nSPS) is 20.3. The average molecular weight is 437 g/mol. The Labute approximate surface area is 181 Å². The molecule has 2 fully saturated rings. The number of amides is 1. The van der Waals surface area contributed by atoms with E-state index in [4.69, 9.17) is 0 Å². The summed E-state index contributed by atoms with van der Waals surface area (Å²) in [7, 11) is -3.47. The fourth-order valence-corrected chi connectivity index (χ4v) is 5.56. The molecule has 0 aromatic heterocycles. The topological polar surface area (TPSA) is 73.0 Å². The van der Waals surface area contributed by atoms with E-state index >= 15 is 0 Å². The highest BCUT2D eigenvalue weighted by atomic mass is 32.2. The van der Waals surface area contributed by atoms with Gasteiger partial charge in [-0.05, 0) is 62.5 Å². The van der Waals surface area contributed by atoms with Gasteiger partial charge < -0.3 is 15.1 Å². The van der Waals surface area contributed by atoms with Gasteiger partial charge in [0.2, 0.25) is 10.0 Å². The molecule has 0 radical (unpaired) electrons. The van der Waals surface area contributed by atoms with Crippen molar-refractivity contribution < 1.29 is 13.2 Å². The first-order valence-corrected chi connectivity index (χ1v) is 12.7. The van der Waals surface area contributed by atoms with Crippen LogP contribution >= 0.6 is 0 Å². The third kappa shape index (κ3) is 6.03. The zero-order valence-electron chi connectivity index (χ0n) is 18.3. The lowest BCUT2D eigenvalue weighted by Crippen LogP contribution is -2.46. The van der Waals surface area contributed by atoms with Crippen LogP contribution in [0.4, 0.5) is 0 Å². The predicted molar refractivity (Wildman–Crippen MR) is 119 cm³/mol. The largest absolute Gasteiger partial charge is 0.352 e. The minimum absolute atomic E-state index is 0.151. The third-order valence-electron chi connectivity index (χ3n) is 6.35. The molecule has 0 spiro atoms. The smallest absolute Gasteiger partial charge is 0.251 e. The zero-order valence-corrected chi connectivity index (χ0v) is 19.2. The fourth-order valence-electron chi connectivity index (χ4n) is 4.09. The monoisotopic (exact) mass is 436 g/mol. The Bertz CT molecular complexity index is 781. The molecular weight excluding hydrogens is 400 g/mol. The van der Waals surface area contributed by atoms with Crippen LogP contribution in [0.15, 0.2) is 29.2 Å². The molecule has 1 N–H and O–H groups in total. The van der Waals surface area contributed by atoms with Gasteiger partial charge in [-0.2, -0.15) is 4.31 Å². The molecule has 8 heteroatoms. The number of benzene rings is 1. The zero-order chi connectivity index (χ0) is 21.6. The van der Waals surface area contributed by atoms with Crippen molar-refractivity contribution in [3.8, 4) is 0 Å². The van der Waals surface area contributed by atoms with E-state index in [1.165, 1.54) is 0 Å². The van der Waals surface area contributed by atoms with Gasteiger partial charge in [0.15, 0.2) is 0 Å². The molecule has 2 saturated heterocycles. The van der Waals surface area contributed by atoms with Crippen molar-refractivity contribution in [3.63, 3.8) is 0 Å². The SMILES string of the molecule is CCN1CCN(CCCNC(=O)c2ccc(S(=O)(=O)N3CCC(C)CC3)cc2)CC1. The summed E-state index contributed by atoms with van der Waals surface area (Å²) in [6, 6.07) is 6.32. The number of nitrogens with zero attached hydrogens (tertiary/aromatic N) is 3. The summed E-state index contributed by atoms with van der Waals surface area (Å²) in [5.41, 5.74) is 0.498. The molecule has 168 valence electrons. The summed E-state index contributed by atoms with van der Waals surface area (Å²) in [5, 5.41) is 2.95. The van der Waals surface area contributed by atoms with E-state index in [0.29, 0.717) is 31.1 Å². The predicted octanol–water partition coefficient (Wildman–Crippen LogP) is 1.86. The summed E-state index contributed by atoms with van der Waals surface area (Å²) in [5.74, 6) is 0.421. The fraction of sp³-hybridized carbons (Fsp3) is 0.682. The number of nitrogens with one attached hydrogen (secondary N) is 1. The molecule has 0 aliphatic carbocycles. The lowest BCUT2D eigenvalue weighted by atomic mass is 10.0. The Hall–Kier alpha value is -1.48. The minimum Gasteiger partial charge on any atom is -0.352 e. The van der Waals surface area contributed by atoms with Crippen LogP contribution in [-0.2, 0) is 10.0 Å². The number of hydrogen-bond acceptors (Lipinski definition) is 5. The summed E-state index contributed by atoms with van der Waals surface area (Å²) in [6.07, 6.45) is 2.71. The van der Waals surface area contributed by atoms with E-state index in [1.54, 1.807) is 28.6 Å². The highest BCUT2D eigenvalue weighted by Crippen LogP contribution is 2.23. The number of carbonyl (C=O) groups excluding carboxylic acids is 1. The van der Waals surface area contributed by atoms with E-state index in [2.05, 4.69) is 29.0 Å². The molecule has 1 aromatic carbocycles. The first-order valence-electron chi connectivity index (χ1n) is 11.2. The quantitative estimate of drug-likeness (QED) is 0.630. The van der Waals surface area contributed by atoms with Gasteiger partial charge in [-0.15, -0.1) is 0 Å². The van der Waals surface area contributed by atoms with Gasteiger partial charge in [0.25, 0.3) is 5.91 Å². The molecule has 2 heterocycles. The van der Waals surface area contributed by atoms with Crippen LogP contribution in [0.3, 0.4) is 0 Å². The lowest BCUT2D eigenvalue weighted by Gasteiger charge is -2.33. The minimum atomic E-state index is -3.47. The molecular formula is C22H36N4O3S. The number of carbonyl (C=O) groups is 1. The van der Waals surface area contributed by atoms with Crippen molar-refractivity contribution in [2.45, 2.75) is 38.0 Å². The third-order valence-corrected chi connectivity index (χ3v) is 8.26. The molecule has 1 aromatic rings. The first kappa shape index (κ1) is 23.2. The second-order valence-electron chi connectivity index (χ2n) is 8.50. The maximum Gasteiger partial charge on any atom is 0.251 e. The van der Waals surface area contributed by atoms with Crippen molar-refractivity contribution in [3.05, 3.63) is 29.8 Å². The highest BCUT2D eigenvalue weighted by Gasteiger charge is 2.28. The molecule has 7 nitrogen and oxygen atoms in total. The number of rotatable bonds is 8. The summed E-state index contributed by atoms with van der Waals surface area (Å²) in [6.45, 7) is 12.6. The second kappa shape index (κ2) is 10.7. The number of piperidine rings is 1. The molecule has 0 bridgehead atoms. The molecule has 2 aliphatic rings. The molecule has 1 amide bonds. The Morgan fingerprint density at radius 3 is 2.20 bits per heavy atom. The van der Waals surface area contributed by atoms with Crippen LogP contribution in [0.5, 0.6) is 0 Å². The number of piperazine rings is 1. The van der Waals surface area contributed by atoms with Gasteiger partial charge >= 0.3 is 0 Å². The molecule has 0 atom stereocenters. The standard InChI is InChI=1S/C22H36N4O3S/c1-3-24-15-17-25(18-16-24)12-4-11-23-22(27)20-5-7-21(8-6-20)30(28,29)26-13-9-19(2)10-14-26/h5-8,19H,3-4,9-18H2,1-2H3,(H,23,27). The Kier molecular flexibility index (Phi) is 8.27. The van der Waals surface area contributed by atoms with Gasteiger partial charge in [-0.25, -0.2) is 8.42 Å². The van der Waals surface area contributed by atoms with Crippen molar-refractivity contribution in [2.24, 2.45) is 5.92 Å². The molecule has 2 aliphatic heterocycles. The van der Waals surface area contributed by atoms with E-state index in [9.17, 15) is 13.2 Å². The van der Waals surface area contributed by atoms with Gasteiger partial charge in [0.1, 0.15) is 0 Å². The summed E-state index contributed by atoms with van der Waals surface area (Å²) >= 11 is 0. The van der Waals surface area contributed by atoms with E-state index in [-0.39, 0.29) is 10.8 Å². The van der Waals surface area contributed by atoms with Crippen LogP contribution in [0.2, 0.25) is 0 Å². The lowest BCUT2D eigenvalue weighted by molar-refractivity contribution is 0.0948. The number of hydrogen-bond donors (Lipinski definition) is 1. The van der Waals surface area contributed by atoms with Gasteiger partial charge in [-0.3, -0.25) is 4.79 Å². The second-order valence-corrected chi connectivity index (χ2v) is 10.4. The Morgan fingerprint density at radius 2 is 1.60 bits per heavy atom. The molecule has 0 saturated carbocycles. The van der Waals surface area contributed by atoms with Crippen molar-refractivity contribution in [2.75, 3.05) is 58.9 Å². The highest BCUT2D eigenvalue weighted by molar-refractivity contribution is 7.89. The number of sulfonamides is 1. The Morgan fingerprint density at radius 1 is 1.00 bits per heavy atom. The van der Waals surface area contributed by atoms with Crippen molar-refractivity contribution in [1.82, 2.24) is 19.4 Å². The van der Waals surface area contributed by atoms with Crippen LogP contribution in [0, 0.1) is 5.92 Å². The average Bonchev–Trinajstić information content (AvgIpc) is 2.77. The van der Waals surface area contributed by atoms with Crippen molar-refractivity contribution >= 4 is 15.9 Å². The summed E-state index contributed by atoms with van der Waals surface area (Å²) in [4.78, 5) is 17.5. The van der Waals surface area contributed by atoms with Crippen molar-refractivity contribution in [1.29, 1.82) is 0 Å². The van der Waals surface area contributed by atoms with Gasteiger partial charge in [-0.1, -0.05) is 13.8 Å². The first-order chi connectivity index (χ1) is 14.4. The van der Waals surface area contributed by atoms with Crippen LogP contribution in [0.25, 0.3) is 0 Å². The Balaban J connectivity index is 1.43. The van der Waals surface area contributed by atoms with Gasteiger partial charge in [0.05, 0.1) is 4.90 Å². The van der Waals surface area contributed by atoms with Crippen LogP contribution in [-0.4, -0.2) is 87.3 Å². The maximum absolute atomic E-state index is 12.8. The van der Waals surface area contributed by atoms with E-state index in [1.807, 2.05) is 0 Å². The van der Waals surface area contributed by atoms with Crippen LogP contribution in [0.1, 0.15) is 43.5 Å². The molecule has 30 heavy (non-hydrogen) atoms. The van der Waals surface area contributed by atoms with Gasteiger partial charge in [0, 0.05) is 51.4 Å². The number of likely N-dealkylation sites (N-methyl/N-ethyl adjacent to an activating group) is 1. The maximum atomic E-state index is 12.8. The van der Waals surface area contributed by atoms with E-state index in [0.717, 1.165) is 58.5 Å². The molecule has 3 rings (SSSR count). The van der Waals surface area contributed by atoms with Crippen LogP contribution < -0.4 is 5.32 Å². The van der Waals surface area contributed by atoms with E-state index < -0.39 is 10.0 Å². The molecule has 0 unspecified atom stereocenters.